The Morgan fingerprint density at radius 3 is 2.86 bits per heavy atom. The van der Waals surface area contributed by atoms with E-state index in [0.717, 1.165) is 10.5 Å². The second-order valence-corrected chi connectivity index (χ2v) is 8.79. The lowest BCUT2D eigenvalue weighted by Gasteiger charge is -2.35. The summed E-state index contributed by atoms with van der Waals surface area (Å²) < 4.78 is 21.0. The molecule has 0 bridgehead atoms. The monoisotopic (exact) mass is 480 g/mol. The number of fused-ring (bicyclic) bond motifs is 2. The first kappa shape index (κ1) is 22.6. The van der Waals surface area contributed by atoms with Gasteiger partial charge in [0.15, 0.2) is 5.82 Å². The number of nitrogens with zero attached hydrogens (tertiary/aromatic N) is 4. The van der Waals surface area contributed by atoms with E-state index in [0.29, 0.717) is 47.5 Å². The van der Waals surface area contributed by atoms with Crippen LogP contribution in [0, 0.1) is 12.7 Å². The molecule has 0 saturated carbocycles. The molecule has 3 aromatic rings. The summed E-state index contributed by atoms with van der Waals surface area (Å²) in [5.41, 5.74) is 8.34. The number of likely N-dealkylation sites (N-methyl/N-ethyl adjacent to an activating group) is 1. The van der Waals surface area contributed by atoms with Crippen LogP contribution in [0.5, 0.6) is 5.88 Å². The maximum Gasteiger partial charge on any atom is 0.413 e. The minimum Gasteiger partial charge on any atom is -0.474 e. The molecule has 0 unspecified atom stereocenters. The van der Waals surface area contributed by atoms with Gasteiger partial charge in [-0.2, -0.15) is 0 Å². The standard InChI is InChI=1S/C24H25FN6O4/c1-12-16(9-29-23-22(12)27-5-6-35-23)15-7-13-8-18(28-10-17(13)21(26)20(15)25)31(24(33)34)14-3-4-19(32)30(2)11-14/h7-10,14,27H,3-6,11,26H2,1-2H3,(H,33,34)/t14-/m0/s1. The Balaban J connectivity index is 1.61. The number of hydrogen-bond acceptors (Lipinski definition) is 7. The van der Waals surface area contributed by atoms with Crippen LogP contribution in [0.15, 0.2) is 24.5 Å². The molecule has 4 heterocycles. The van der Waals surface area contributed by atoms with E-state index in [1.54, 1.807) is 25.4 Å². The number of rotatable bonds is 3. The predicted molar refractivity (Wildman–Crippen MR) is 129 cm³/mol. The van der Waals surface area contributed by atoms with Gasteiger partial charge in [-0.3, -0.25) is 9.69 Å². The van der Waals surface area contributed by atoms with Crippen LogP contribution in [0.3, 0.4) is 0 Å². The zero-order chi connectivity index (χ0) is 24.9. The second-order valence-electron chi connectivity index (χ2n) is 8.79. The molecule has 5 rings (SSSR count). The quantitative estimate of drug-likeness (QED) is 0.487. The van der Waals surface area contributed by atoms with Gasteiger partial charge in [0, 0.05) is 55.5 Å². The van der Waals surface area contributed by atoms with Crippen molar-refractivity contribution >= 4 is 40.0 Å². The molecule has 0 radical (unpaired) electrons. The number of nitrogen functional groups attached to an aromatic ring is 1. The number of piperidine rings is 1. The fourth-order valence-corrected chi connectivity index (χ4v) is 4.75. The van der Waals surface area contributed by atoms with E-state index < -0.39 is 18.0 Å². The topological polar surface area (TPSA) is 134 Å². The minimum atomic E-state index is -1.18. The number of benzene rings is 1. The number of hydrogen-bond donors (Lipinski definition) is 3. The van der Waals surface area contributed by atoms with Gasteiger partial charge in [-0.25, -0.2) is 19.2 Å². The molecule has 0 aliphatic carbocycles. The largest absolute Gasteiger partial charge is 0.474 e. The normalized spacial score (nSPS) is 17.5. The molecule has 0 spiro atoms. The maximum absolute atomic E-state index is 15.4. The molecular formula is C24H25FN6O4. The molecule has 1 atom stereocenters. The lowest BCUT2D eigenvalue weighted by Crippen LogP contribution is -2.51. The summed E-state index contributed by atoms with van der Waals surface area (Å²) in [7, 11) is 1.65. The van der Waals surface area contributed by atoms with Gasteiger partial charge in [-0.05, 0) is 36.4 Å². The first-order chi connectivity index (χ1) is 16.8. The van der Waals surface area contributed by atoms with Gasteiger partial charge in [0.25, 0.3) is 0 Å². The first-order valence-corrected chi connectivity index (χ1v) is 11.3. The Hall–Kier alpha value is -4.15. The lowest BCUT2D eigenvalue weighted by atomic mass is 9.97. The van der Waals surface area contributed by atoms with E-state index in [1.807, 2.05) is 6.92 Å². The van der Waals surface area contributed by atoms with Crippen LogP contribution < -0.4 is 20.7 Å². The van der Waals surface area contributed by atoms with E-state index in [9.17, 15) is 14.7 Å². The molecule has 2 amide bonds. The van der Waals surface area contributed by atoms with Crippen LogP contribution in [-0.2, 0) is 4.79 Å². The van der Waals surface area contributed by atoms with Gasteiger partial charge < -0.3 is 25.8 Å². The Kier molecular flexibility index (Phi) is 5.54. The first-order valence-electron chi connectivity index (χ1n) is 11.3. The minimum absolute atomic E-state index is 0.0279. The molecule has 11 heteroatoms. The summed E-state index contributed by atoms with van der Waals surface area (Å²) in [5.74, 6) is 0.0206. The highest BCUT2D eigenvalue weighted by Crippen LogP contribution is 2.40. The lowest BCUT2D eigenvalue weighted by molar-refractivity contribution is -0.132. The van der Waals surface area contributed by atoms with Gasteiger partial charge in [0.2, 0.25) is 11.8 Å². The third kappa shape index (κ3) is 3.82. The Bertz CT molecular complexity index is 1360. The number of nitrogens with one attached hydrogen (secondary N) is 1. The molecule has 1 aromatic carbocycles. The molecule has 10 nitrogen and oxygen atoms in total. The van der Waals surface area contributed by atoms with Gasteiger partial charge in [-0.1, -0.05) is 0 Å². The summed E-state index contributed by atoms with van der Waals surface area (Å²) in [5, 5.41) is 14.1. The molecule has 2 aromatic heterocycles. The number of nitrogens with two attached hydrogens (primary N) is 1. The SMILES string of the molecule is Cc1c(-c2cc3cc(N(C(=O)O)[C@H]4CCC(=O)N(C)C4)ncc3c(N)c2F)cnc2c1NCCO2. The molecule has 1 saturated heterocycles. The predicted octanol–water partition coefficient (Wildman–Crippen LogP) is 3.24. The highest BCUT2D eigenvalue weighted by Gasteiger charge is 2.32. The van der Waals surface area contributed by atoms with Gasteiger partial charge >= 0.3 is 6.09 Å². The van der Waals surface area contributed by atoms with Crippen molar-refractivity contribution in [2.75, 3.05) is 42.7 Å². The van der Waals surface area contributed by atoms with Crippen molar-refractivity contribution in [1.29, 1.82) is 0 Å². The Morgan fingerprint density at radius 2 is 2.11 bits per heavy atom. The highest BCUT2D eigenvalue weighted by molar-refractivity contribution is 6.00. The van der Waals surface area contributed by atoms with Gasteiger partial charge in [-0.15, -0.1) is 0 Å². The zero-order valence-corrected chi connectivity index (χ0v) is 19.3. The average Bonchev–Trinajstić information content (AvgIpc) is 2.84. The van der Waals surface area contributed by atoms with Crippen molar-refractivity contribution in [1.82, 2.24) is 14.9 Å². The second kappa shape index (κ2) is 8.57. The number of carbonyl (C=O) groups is 2. The number of ether oxygens (including phenoxy) is 1. The van der Waals surface area contributed by atoms with Crippen LogP contribution in [-0.4, -0.2) is 64.8 Å². The van der Waals surface area contributed by atoms with Crippen molar-refractivity contribution in [3.8, 4) is 17.0 Å². The number of carbonyl (C=O) groups excluding carboxylic acids is 1. The van der Waals surface area contributed by atoms with E-state index in [2.05, 4.69) is 15.3 Å². The number of aromatic nitrogens is 2. The third-order valence-corrected chi connectivity index (χ3v) is 6.64. The molecule has 1 fully saturated rings. The van der Waals surface area contributed by atoms with Crippen molar-refractivity contribution in [3.05, 3.63) is 35.9 Å². The van der Waals surface area contributed by atoms with E-state index in [-0.39, 0.29) is 35.9 Å². The third-order valence-electron chi connectivity index (χ3n) is 6.64. The molecule has 182 valence electrons. The Morgan fingerprint density at radius 1 is 1.31 bits per heavy atom. The molecular weight excluding hydrogens is 455 g/mol. The van der Waals surface area contributed by atoms with Gasteiger partial charge in [0.1, 0.15) is 18.1 Å². The summed E-state index contributed by atoms with van der Waals surface area (Å²) in [4.78, 5) is 35.4. The number of amides is 2. The zero-order valence-electron chi connectivity index (χ0n) is 19.3. The summed E-state index contributed by atoms with van der Waals surface area (Å²) in [6.45, 7) is 3.22. The molecule has 35 heavy (non-hydrogen) atoms. The maximum atomic E-state index is 15.4. The van der Waals surface area contributed by atoms with Crippen LogP contribution >= 0.6 is 0 Å². The van der Waals surface area contributed by atoms with Crippen LogP contribution in [0.25, 0.3) is 21.9 Å². The molecule has 4 N–H and O–H groups in total. The number of carboxylic acid groups (broad SMARTS) is 1. The van der Waals surface area contributed by atoms with Crippen molar-refractivity contribution < 1.29 is 23.8 Å². The fraction of sp³-hybridized carbons (Fsp3) is 0.333. The number of halogens is 1. The van der Waals surface area contributed by atoms with Crippen LogP contribution in [0.1, 0.15) is 18.4 Å². The Labute approximate surface area is 200 Å². The van der Waals surface area contributed by atoms with Gasteiger partial charge in [0.05, 0.1) is 11.7 Å². The van der Waals surface area contributed by atoms with Crippen molar-refractivity contribution in [3.63, 3.8) is 0 Å². The summed E-state index contributed by atoms with van der Waals surface area (Å²) >= 11 is 0. The smallest absolute Gasteiger partial charge is 0.413 e. The van der Waals surface area contributed by atoms with Crippen molar-refractivity contribution in [2.24, 2.45) is 0 Å². The van der Waals surface area contributed by atoms with E-state index in [1.165, 1.54) is 11.1 Å². The highest BCUT2D eigenvalue weighted by atomic mass is 19.1. The van der Waals surface area contributed by atoms with E-state index in [4.69, 9.17) is 10.5 Å². The number of anilines is 3. The molecule has 2 aliphatic heterocycles. The van der Waals surface area contributed by atoms with Crippen LogP contribution in [0.4, 0.5) is 26.4 Å². The summed E-state index contributed by atoms with van der Waals surface area (Å²) in [6, 6.07) is 2.76. The fourth-order valence-electron chi connectivity index (χ4n) is 4.75. The van der Waals surface area contributed by atoms with E-state index >= 15 is 4.39 Å². The van der Waals surface area contributed by atoms with Crippen LogP contribution in [0.2, 0.25) is 0 Å². The average molecular weight is 481 g/mol. The number of likely N-dealkylation sites (tertiary alicyclic amines) is 1. The number of pyridine rings is 2. The molecule has 2 aliphatic rings. The van der Waals surface area contributed by atoms with Crippen molar-refractivity contribution in [2.45, 2.75) is 25.8 Å². The summed E-state index contributed by atoms with van der Waals surface area (Å²) in [6.07, 6.45) is 2.39.